The third-order valence-electron chi connectivity index (χ3n) is 19.5. The molecule has 644 valence electrons. The molecule has 25 nitrogen and oxygen atoms in total. The zero-order chi connectivity index (χ0) is 89.9. The van der Waals surface area contributed by atoms with Gasteiger partial charge >= 0.3 is 28.1 Å². The lowest BCUT2D eigenvalue weighted by Crippen LogP contribution is -2.21. The number of aryl methyl sites for hydroxylation is 1. The molecule has 0 spiro atoms. The smallest absolute Gasteiger partial charge is 0.355 e. The molecular formula is C90H79BrCl2FN3O22S5. The molecule has 0 radical (unpaired) electrons. The molecule has 0 fully saturated rings. The van der Waals surface area contributed by atoms with E-state index in [0.29, 0.717) is 60.2 Å². The highest BCUT2D eigenvalue weighted by atomic mass is 79.9. The first-order valence-corrected chi connectivity index (χ1v) is 47.0. The van der Waals surface area contributed by atoms with Gasteiger partial charge in [-0.15, -0.1) is 0 Å². The Labute approximate surface area is 730 Å². The van der Waals surface area contributed by atoms with Crippen LogP contribution in [0, 0.1) is 12.7 Å². The molecule has 0 saturated carbocycles. The summed E-state index contributed by atoms with van der Waals surface area (Å²) in [6, 6.07) is 61.0. The monoisotopic (exact) mass is 1880 g/mol. The number of hydrogen-bond donors (Lipinski definition) is 0. The van der Waals surface area contributed by atoms with Crippen molar-refractivity contribution in [2.24, 2.45) is 0 Å². The molecular weight excluding hydrogens is 1810 g/mol. The highest BCUT2D eigenvalue weighted by Gasteiger charge is 2.30. The van der Waals surface area contributed by atoms with E-state index in [1.54, 1.807) is 91.0 Å². The Bertz CT molecular complexity index is 7040. The fourth-order valence-electron chi connectivity index (χ4n) is 12.8. The second-order valence-corrected chi connectivity index (χ2v) is 38.5. The maximum atomic E-state index is 13.8. The minimum atomic E-state index is -4.32. The van der Waals surface area contributed by atoms with Crippen molar-refractivity contribution in [3.05, 3.63) is 321 Å². The quantitative estimate of drug-likeness (QED) is 0.0603. The molecule has 15 aromatic rings. The molecule has 0 unspecified atom stereocenters. The van der Waals surface area contributed by atoms with Gasteiger partial charge < -0.3 is 46.3 Å². The van der Waals surface area contributed by atoms with E-state index in [-0.39, 0.29) is 50.5 Å². The highest BCUT2D eigenvalue weighted by molar-refractivity contribution is 9.10. The second kappa shape index (κ2) is 39.2. The van der Waals surface area contributed by atoms with Gasteiger partial charge in [0, 0.05) is 128 Å². The predicted molar refractivity (Wildman–Crippen MR) is 478 cm³/mol. The van der Waals surface area contributed by atoms with Crippen LogP contribution in [0.5, 0.6) is 11.5 Å². The average molecular weight is 1880 g/mol. The van der Waals surface area contributed by atoms with Crippen molar-refractivity contribution in [1.82, 2.24) is 0 Å². The molecule has 0 atom stereocenters. The molecule has 15 rings (SSSR count). The third-order valence-corrected chi connectivity index (χ3v) is 29.3. The Balaban J connectivity index is 0.000000151. The number of sulfone groups is 5. The summed E-state index contributed by atoms with van der Waals surface area (Å²) in [5, 5.41) is 3.24. The van der Waals surface area contributed by atoms with Crippen molar-refractivity contribution < 1.29 is 78.0 Å². The molecule has 5 aromatic heterocycles. The van der Waals surface area contributed by atoms with Crippen molar-refractivity contribution in [3.63, 3.8) is 0 Å². The molecule has 0 N–H and O–H groups in total. The van der Waals surface area contributed by atoms with Crippen LogP contribution in [-0.2, 0) is 49.2 Å². The summed E-state index contributed by atoms with van der Waals surface area (Å²) in [7, 11) is -17.3. The van der Waals surface area contributed by atoms with Gasteiger partial charge in [0.15, 0.2) is 24.5 Å². The van der Waals surface area contributed by atoms with Crippen molar-refractivity contribution in [2.45, 2.75) is 97.4 Å². The van der Waals surface area contributed by atoms with E-state index in [2.05, 4.69) is 30.6 Å². The average Bonchev–Trinajstić information content (AvgIpc) is 0.781. The largest absolute Gasteiger partial charge is 0.497 e. The fourth-order valence-corrected chi connectivity index (χ4v) is 20.0. The molecule has 10 aromatic carbocycles. The van der Waals surface area contributed by atoms with Crippen LogP contribution in [0.1, 0.15) is 47.1 Å². The minimum Gasteiger partial charge on any atom is -0.497 e. The summed E-state index contributed by atoms with van der Waals surface area (Å²) in [6.07, 6.45) is 0. The van der Waals surface area contributed by atoms with Crippen LogP contribution in [-0.4, -0.2) is 95.6 Å². The van der Waals surface area contributed by atoms with Crippen LogP contribution in [0.15, 0.2) is 342 Å². The van der Waals surface area contributed by atoms with Crippen LogP contribution in [0.3, 0.4) is 0 Å². The van der Waals surface area contributed by atoms with Gasteiger partial charge in [0.25, 0.3) is 0 Å². The van der Waals surface area contributed by atoms with Gasteiger partial charge in [0.05, 0.1) is 33.8 Å². The first kappa shape index (κ1) is 92.7. The number of benzene rings is 10. The second-order valence-electron chi connectivity index (χ2n) is 27.1. The van der Waals surface area contributed by atoms with Gasteiger partial charge in [0.1, 0.15) is 50.1 Å². The zero-order valence-corrected chi connectivity index (χ0v) is 74.9. The number of nitrogens with zero attached hydrogens (tertiary/aromatic N) is 3. The third kappa shape index (κ3) is 20.6. The molecule has 124 heavy (non-hydrogen) atoms. The maximum absolute atomic E-state index is 13.8. The predicted octanol–water partition coefficient (Wildman–Crippen LogP) is 18.2. The Hall–Kier alpha value is -12.0. The van der Waals surface area contributed by atoms with E-state index in [9.17, 15) is 70.5 Å². The van der Waals surface area contributed by atoms with Gasteiger partial charge in [-0.1, -0.05) is 75.0 Å². The topological polar surface area (TPSA) is 350 Å². The van der Waals surface area contributed by atoms with Crippen LogP contribution >= 0.6 is 39.1 Å². The first-order valence-electron chi connectivity index (χ1n) is 38.0. The van der Waals surface area contributed by atoms with Crippen molar-refractivity contribution >= 4 is 160 Å². The van der Waals surface area contributed by atoms with Gasteiger partial charge in [-0.25, -0.2) is 70.5 Å². The van der Waals surface area contributed by atoms with Crippen LogP contribution in [0.4, 0.5) is 21.5 Å². The van der Waals surface area contributed by atoms with Crippen molar-refractivity contribution in [2.75, 3.05) is 68.2 Å². The summed E-state index contributed by atoms with van der Waals surface area (Å²) in [6.45, 7) is 19.0. The normalized spacial score (nSPS) is 11.6. The number of ether oxygens (including phenoxy) is 2. The summed E-state index contributed by atoms with van der Waals surface area (Å²) >= 11 is 14.9. The molecule has 0 saturated heterocycles. The first-order chi connectivity index (χ1) is 58.9. The van der Waals surface area contributed by atoms with E-state index in [1.807, 2.05) is 66.7 Å². The number of fused-ring (bicyclic) bond motifs is 5. The molecule has 0 aliphatic heterocycles. The molecule has 34 heteroatoms. The van der Waals surface area contributed by atoms with Crippen LogP contribution in [0.2, 0.25) is 10.0 Å². The summed E-state index contributed by atoms with van der Waals surface area (Å²) in [4.78, 5) is 65.0. The minimum absolute atomic E-state index is 0.00619. The number of methoxy groups -OCH3 is 2. The summed E-state index contributed by atoms with van der Waals surface area (Å²) < 4.78 is 178. The van der Waals surface area contributed by atoms with Crippen molar-refractivity contribution in [3.8, 4) is 11.5 Å². The van der Waals surface area contributed by atoms with Crippen LogP contribution in [0.25, 0.3) is 54.8 Å². The number of anilines is 3. The molecule has 0 amide bonds. The lowest BCUT2D eigenvalue weighted by molar-refractivity contribution is 0.413. The Morgan fingerprint density at radius 3 is 0.935 bits per heavy atom. The molecule has 5 heterocycles. The fraction of sp³-hybridized carbons (Fsp3) is 0.167. The highest BCUT2D eigenvalue weighted by Crippen LogP contribution is 2.33. The van der Waals surface area contributed by atoms with E-state index in [4.69, 9.17) is 54.8 Å². The van der Waals surface area contributed by atoms with Gasteiger partial charge in [0.2, 0.25) is 49.2 Å². The molecule has 0 aliphatic rings. The Morgan fingerprint density at radius 2 is 0.613 bits per heavy atom. The van der Waals surface area contributed by atoms with Crippen LogP contribution < -0.4 is 52.3 Å². The van der Waals surface area contributed by atoms with E-state index >= 15 is 0 Å². The van der Waals surface area contributed by atoms with Gasteiger partial charge in [-0.3, -0.25) is 0 Å². The summed E-state index contributed by atoms with van der Waals surface area (Å²) in [5.41, 5.74) is 0.647. The lowest BCUT2D eigenvalue weighted by Gasteiger charge is -2.21. The van der Waals surface area contributed by atoms with E-state index in [1.165, 1.54) is 136 Å². The zero-order valence-electron chi connectivity index (χ0n) is 67.7. The van der Waals surface area contributed by atoms with E-state index in [0.717, 1.165) is 78.5 Å². The van der Waals surface area contributed by atoms with Gasteiger partial charge in [-0.2, -0.15) is 0 Å². The molecule has 0 bridgehead atoms. The van der Waals surface area contributed by atoms with Gasteiger partial charge in [-0.05, 0) is 230 Å². The Kier molecular flexibility index (Phi) is 29.3. The number of halogens is 4. The number of hydrogen-bond acceptors (Lipinski definition) is 25. The Morgan fingerprint density at radius 1 is 0.315 bits per heavy atom. The SMILES string of the molecule is CCN(CC)c1ccc2cc(S(=O)(=O)c3ccc(Br)cc3)c(=O)oc2c1.CCN(CC)c1ccc2cc(S(=O)(=O)c3ccc(C)cc3)c(=O)oc2c1.CCN(CC)c1ccc2cc(S(=O)(=O)c3ccc(Cl)cc3)c(=O)oc2c1.COc1ccc2cc(S(=O)(=O)c3cccc(Cl)c3)c(=O)oc2c1.COc1ccc2cc(S(=O)(=O)c3ccccc3F)c(=O)oc2c1. The lowest BCUT2D eigenvalue weighted by atomic mass is 10.2. The van der Waals surface area contributed by atoms with E-state index < -0.39 is 97.8 Å². The molecule has 0 aliphatic carbocycles. The summed E-state index contributed by atoms with van der Waals surface area (Å²) in [5.74, 6) is 0.0400. The number of rotatable bonds is 21. The maximum Gasteiger partial charge on any atom is 0.355 e. The standard InChI is InChI=1S/C20H21NO4S.C19H18BrNO4S.C19H18ClNO4S.C16H11ClO5S.C16H11FO5S/c1-4-21(5-2)16-9-8-15-12-19(20(22)25-18(15)13-16)26(23,24)17-10-6-14(3)7-11-17;2*1-3-21(4-2)15-8-5-13-11-18(19(22)25-17(13)12-15)26(23,24)16-9-6-14(20)7-10-16;1-21-12-6-5-10-7-15(16(18)22-14(10)9-12)23(19,20)13-4-2-3-11(17)8-13;1-21-11-7-6-10-8-15(16(18)22-13(10)9-11)23(19,20)14-5-3-2-4-12(14)17/h6-13H,4-5H2,1-3H3;2*5-12H,3-4H2,1-2H3;2*2-9H,1H3. The van der Waals surface area contributed by atoms with Crippen molar-refractivity contribution in [1.29, 1.82) is 0 Å².